The fraction of sp³-hybridized carbons (Fsp3) is 0.154. The summed E-state index contributed by atoms with van der Waals surface area (Å²) in [6.07, 6.45) is 1.40. The highest BCUT2D eigenvalue weighted by Gasteiger charge is 2.17. The van der Waals surface area contributed by atoms with Gasteiger partial charge in [0.05, 0.1) is 0 Å². The number of nitrogens with one attached hydrogen (secondary N) is 1. The summed E-state index contributed by atoms with van der Waals surface area (Å²) in [5.74, 6) is -2.05. The van der Waals surface area contributed by atoms with Crippen molar-refractivity contribution in [2.24, 2.45) is 0 Å². The van der Waals surface area contributed by atoms with Crippen molar-refractivity contribution in [2.45, 2.75) is 13.0 Å². The standard InChI is InChI=1S/C13H12FN3O3/c1-8(13(19)20)17-6-5-11(16-17)12(18)15-10-4-2-3-9(14)7-10/h2-8H,1H3,(H,15,18)(H,19,20). The van der Waals surface area contributed by atoms with Crippen LogP contribution in [-0.2, 0) is 4.79 Å². The molecular formula is C13H12FN3O3. The van der Waals surface area contributed by atoms with E-state index >= 15 is 0 Å². The SMILES string of the molecule is CC(C(=O)O)n1ccc(C(=O)Nc2cccc(F)c2)n1. The lowest BCUT2D eigenvalue weighted by atomic mass is 10.3. The molecule has 0 spiro atoms. The maximum Gasteiger partial charge on any atom is 0.328 e. The van der Waals surface area contributed by atoms with Gasteiger partial charge in [-0.15, -0.1) is 0 Å². The summed E-state index contributed by atoms with van der Waals surface area (Å²) in [6, 6.07) is 5.97. The first-order valence-electron chi connectivity index (χ1n) is 5.82. The number of anilines is 1. The minimum absolute atomic E-state index is 0.0577. The zero-order chi connectivity index (χ0) is 14.7. The summed E-state index contributed by atoms with van der Waals surface area (Å²) in [5.41, 5.74) is 0.359. The van der Waals surface area contributed by atoms with Gasteiger partial charge in [0.1, 0.15) is 11.9 Å². The summed E-state index contributed by atoms with van der Waals surface area (Å²) in [4.78, 5) is 22.7. The number of carbonyl (C=O) groups excluding carboxylic acids is 1. The van der Waals surface area contributed by atoms with Crippen LogP contribution in [0.5, 0.6) is 0 Å². The van der Waals surface area contributed by atoms with E-state index in [0.29, 0.717) is 5.69 Å². The smallest absolute Gasteiger partial charge is 0.328 e. The van der Waals surface area contributed by atoms with Crippen LogP contribution in [0.3, 0.4) is 0 Å². The highest BCUT2D eigenvalue weighted by molar-refractivity contribution is 6.02. The van der Waals surface area contributed by atoms with Crippen LogP contribution in [0.15, 0.2) is 36.5 Å². The zero-order valence-corrected chi connectivity index (χ0v) is 10.6. The van der Waals surface area contributed by atoms with Gasteiger partial charge in [-0.25, -0.2) is 9.18 Å². The van der Waals surface area contributed by atoms with Gasteiger partial charge in [-0.1, -0.05) is 6.07 Å². The van der Waals surface area contributed by atoms with Gasteiger partial charge >= 0.3 is 5.97 Å². The number of hydrogen-bond donors (Lipinski definition) is 2. The monoisotopic (exact) mass is 277 g/mol. The average Bonchev–Trinajstić information content (AvgIpc) is 2.87. The Morgan fingerprint density at radius 2 is 2.15 bits per heavy atom. The van der Waals surface area contributed by atoms with Crippen molar-refractivity contribution in [3.63, 3.8) is 0 Å². The summed E-state index contributed by atoms with van der Waals surface area (Å²) in [7, 11) is 0. The van der Waals surface area contributed by atoms with Gasteiger partial charge in [-0.2, -0.15) is 5.10 Å². The molecule has 7 heteroatoms. The van der Waals surface area contributed by atoms with E-state index in [9.17, 15) is 14.0 Å². The molecule has 0 saturated carbocycles. The van der Waals surface area contributed by atoms with Crippen molar-refractivity contribution in [3.8, 4) is 0 Å². The van der Waals surface area contributed by atoms with Gasteiger partial charge in [0, 0.05) is 11.9 Å². The van der Waals surface area contributed by atoms with Gasteiger partial charge in [0.2, 0.25) is 0 Å². The van der Waals surface area contributed by atoms with E-state index in [1.807, 2.05) is 0 Å². The van der Waals surface area contributed by atoms with Gasteiger partial charge in [-0.3, -0.25) is 9.48 Å². The number of carboxylic acid groups (broad SMARTS) is 1. The molecule has 2 N–H and O–H groups in total. The summed E-state index contributed by atoms with van der Waals surface area (Å²) in [5, 5.41) is 15.2. The Bertz CT molecular complexity index is 654. The minimum atomic E-state index is -1.05. The van der Waals surface area contributed by atoms with Crippen LogP contribution < -0.4 is 5.32 Å². The number of benzene rings is 1. The summed E-state index contributed by atoms with van der Waals surface area (Å²) < 4.78 is 14.2. The first-order chi connectivity index (χ1) is 9.47. The molecule has 0 saturated heterocycles. The Hall–Kier alpha value is -2.70. The highest BCUT2D eigenvalue weighted by Crippen LogP contribution is 2.11. The van der Waals surface area contributed by atoms with E-state index in [0.717, 1.165) is 0 Å². The molecule has 6 nitrogen and oxygen atoms in total. The van der Waals surface area contributed by atoms with Gasteiger partial charge < -0.3 is 10.4 Å². The Kier molecular flexibility index (Phi) is 3.79. The van der Waals surface area contributed by atoms with Crippen LogP contribution in [0.1, 0.15) is 23.5 Å². The van der Waals surface area contributed by atoms with E-state index in [1.165, 1.54) is 48.1 Å². The number of aliphatic carboxylic acids is 1. The molecule has 104 valence electrons. The number of halogens is 1. The Labute approximate surface area is 113 Å². The number of rotatable bonds is 4. The molecule has 0 bridgehead atoms. The predicted octanol–water partition coefficient (Wildman–Crippen LogP) is 1.92. The number of amides is 1. The van der Waals surface area contributed by atoms with Crippen LogP contribution in [0.4, 0.5) is 10.1 Å². The molecule has 20 heavy (non-hydrogen) atoms. The van der Waals surface area contributed by atoms with Crippen LogP contribution in [0.25, 0.3) is 0 Å². The van der Waals surface area contributed by atoms with E-state index in [2.05, 4.69) is 10.4 Å². The second-order valence-corrected chi connectivity index (χ2v) is 4.16. The van der Waals surface area contributed by atoms with Crippen molar-refractivity contribution in [1.29, 1.82) is 0 Å². The third-order valence-corrected chi connectivity index (χ3v) is 2.68. The van der Waals surface area contributed by atoms with Crippen molar-refractivity contribution < 1.29 is 19.1 Å². The topological polar surface area (TPSA) is 84.2 Å². The lowest BCUT2D eigenvalue weighted by Gasteiger charge is -2.06. The number of nitrogens with zero attached hydrogens (tertiary/aromatic N) is 2. The van der Waals surface area contributed by atoms with Crippen LogP contribution in [0.2, 0.25) is 0 Å². The molecule has 0 aliphatic rings. The lowest BCUT2D eigenvalue weighted by molar-refractivity contribution is -0.140. The molecule has 1 unspecified atom stereocenters. The largest absolute Gasteiger partial charge is 0.480 e. The Morgan fingerprint density at radius 3 is 2.80 bits per heavy atom. The van der Waals surface area contributed by atoms with Crippen molar-refractivity contribution in [2.75, 3.05) is 5.32 Å². The normalized spacial score (nSPS) is 11.9. The number of carbonyl (C=O) groups is 2. The maximum absolute atomic E-state index is 13.0. The Morgan fingerprint density at radius 1 is 1.40 bits per heavy atom. The van der Waals surface area contributed by atoms with Gasteiger partial charge in [0.25, 0.3) is 5.91 Å². The lowest BCUT2D eigenvalue weighted by Crippen LogP contribution is -2.18. The highest BCUT2D eigenvalue weighted by atomic mass is 19.1. The van der Waals surface area contributed by atoms with Gasteiger partial charge in [0.15, 0.2) is 5.69 Å². The van der Waals surface area contributed by atoms with Gasteiger partial charge in [-0.05, 0) is 31.2 Å². The Balaban J connectivity index is 2.12. The predicted molar refractivity (Wildman–Crippen MR) is 68.9 cm³/mol. The minimum Gasteiger partial charge on any atom is -0.480 e. The summed E-state index contributed by atoms with van der Waals surface area (Å²) >= 11 is 0. The molecule has 0 aliphatic carbocycles. The van der Waals surface area contributed by atoms with Crippen molar-refractivity contribution in [1.82, 2.24) is 9.78 Å². The third-order valence-electron chi connectivity index (χ3n) is 2.68. The maximum atomic E-state index is 13.0. The van der Waals surface area contributed by atoms with E-state index in [1.54, 1.807) is 0 Å². The summed E-state index contributed by atoms with van der Waals surface area (Å²) in [6.45, 7) is 1.45. The van der Waals surface area contributed by atoms with Crippen molar-refractivity contribution >= 4 is 17.6 Å². The fourth-order valence-corrected chi connectivity index (χ4v) is 1.55. The molecule has 2 rings (SSSR count). The molecular weight excluding hydrogens is 265 g/mol. The fourth-order valence-electron chi connectivity index (χ4n) is 1.55. The number of carboxylic acids is 1. The molecule has 1 aromatic carbocycles. The van der Waals surface area contributed by atoms with Crippen molar-refractivity contribution in [3.05, 3.63) is 48.0 Å². The first kappa shape index (κ1) is 13.7. The second kappa shape index (κ2) is 5.52. The molecule has 1 amide bonds. The van der Waals surface area contributed by atoms with Crippen LogP contribution in [0, 0.1) is 5.82 Å². The first-order valence-corrected chi connectivity index (χ1v) is 5.82. The molecule has 0 fully saturated rings. The molecule has 2 aromatic rings. The molecule has 1 atom stereocenters. The zero-order valence-electron chi connectivity index (χ0n) is 10.6. The average molecular weight is 277 g/mol. The van der Waals surface area contributed by atoms with E-state index in [4.69, 9.17) is 5.11 Å². The number of hydrogen-bond acceptors (Lipinski definition) is 3. The number of aromatic nitrogens is 2. The van der Waals surface area contributed by atoms with Crippen LogP contribution >= 0.6 is 0 Å². The third kappa shape index (κ3) is 3.00. The van der Waals surface area contributed by atoms with E-state index < -0.39 is 23.7 Å². The molecule has 0 aliphatic heterocycles. The molecule has 1 heterocycles. The van der Waals surface area contributed by atoms with Crippen LogP contribution in [-0.4, -0.2) is 26.8 Å². The molecule has 1 aromatic heterocycles. The molecule has 0 radical (unpaired) electrons. The second-order valence-electron chi connectivity index (χ2n) is 4.16. The van der Waals surface area contributed by atoms with E-state index in [-0.39, 0.29) is 5.69 Å². The quantitative estimate of drug-likeness (QED) is 0.894.